The Bertz CT molecular complexity index is 1290. The zero-order valence-electron chi connectivity index (χ0n) is 17.7. The van der Waals surface area contributed by atoms with Crippen LogP contribution in [0.25, 0.3) is 6.08 Å². The molecule has 0 atom stereocenters. The fourth-order valence-electron chi connectivity index (χ4n) is 3.12. The first-order valence-electron chi connectivity index (χ1n) is 10.1. The number of hydrogen-bond donors (Lipinski definition) is 0. The van der Waals surface area contributed by atoms with Gasteiger partial charge in [-0.05, 0) is 72.3 Å². The Kier molecular flexibility index (Phi) is 7.31. The number of rotatable bonds is 7. The SMILES string of the molecule is CCOc1cc(/C=C2\SC(=O)N(Cc3ccc(Cl)cc3Cl)C2=O)ccc1OC(=O)c1ccco1. The molecule has 0 radical (unpaired) electrons. The van der Waals surface area contributed by atoms with Gasteiger partial charge in [0.15, 0.2) is 11.5 Å². The first kappa shape index (κ1) is 23.9. The van der Waals surface area contributed by atoms with E-state index in [9.17, 15) is 14.4 Å². The van der Waals surface area contributed by atoms with Crippen molar-refractivity contribution in [3.8, 4) is 11.5 Å². The molecule has 2 amide bonds. The number of thioether (sulfide) groups is 1. The molecule has 2 aromatic carbocycles. The predicted molar refractivity (Wildman–Crippen MR) is 129 cm³/mol. The van der Waals surface area contributed by atoms with Crippen LogP contribution in [0.1, 0.15) is 28.6 Å². The van der Waals surface area contributed by atoms with Crippen molar-refractivity contribution in [2.75, 3.05) is 6.61 Å². The maximum absolute atomic E-state index is 12.9. The second kappa shape index (κ2) is 10.4. The molecule has 0 unspecified atom stereocenters. The minimum absolute atomic E-state index is 0.0316. The molecule has 4 rings (SSSR count). The quantitative estimate of drug-likeness (QED) is 0.202. The van der Waals surface area contributed by atoms with Crippen molar-refractivity contribution in [2.24, 2.45) is 0 Å². The van der Waals surface area contributed by atoms with Crippen LogP contribution in [0.5, 0.6) is 11.5 Å². The van der Waals surface area contributed by atoms with Gasteiger partial charge in [-0.25, -0.2) is 4.79 Å². The lowest BCUT2D eigenvalue weighted by molar-refractivity contribution is -0.123. The number of halogens is 2. The van der Waals surface area contributed by atoms with E-state index in [1.54, 1.807) is 55.5 Å². The fourth-order valence-corrected chi connectivity index (χ4v) is 4.43. The van der Waals surface area contributed by atoms with Crippen LogP contribution in [0, 0.1) is 0 Å². The smallest absolute Gasteiger partial charge is 0.379 e. The summed E-state index contributed by atoms with van der Waals surface area (Å²) in [5.41, 5.74) is 1.20. The molecule has 0 spiro atoms. The third-order valence-corrected chi connectivity index (χ3v) is 6.20. The maximum Gasteiger partial charge on any atom is 0.379 e. The average Bonchev–Trinajstić information content (AvgIpc) is 3.42. The molecule has 2 heterocycles. The molecule has 174 valence electrons. The number of nitrogens with zero attached hydrogens (tertiary/aromatic N) is 1. The summed E-state index contributed by atoms with van der Waals surface area (Å²) >= 11 is 12.9. The van der Waals surface area contributed by atoms with Gasteiger partial charge >= 0.3 is 5.97 Å². The van der Waals surface area contributed by atoms with Crippen LogP contribution < -0.4 is 9.47 Å². The van der Waals surface area contributed by atoms with Crippen LogP contribution in [0.4, 0.5) is 4.79 Å². The van der Waals surface area contributed by atoms with Crippen LogP contribution in [0.15, 0.2) is 64.1 Å². The molecular formula is C24H17Cl2NO6S. The fraction of sp³-hybridized carbons (Fsp3) is 0.125. The molecule has 1 saturated heterocycles. The number of amides is 2. The van der Waals surface area contributed by atoms with Crippen LogP contribution in [0.3, 0.4) is 0 Å². The third-order valence-electron chi connectivity index (χ3n) is 4.71. The number of hydrogen-bond acceptors (Lipinski definition) is 7. The summed E-state index contributed by atoms with van der Waals surface area (Å²) in [5, 5.41) is 0.430. The van der Waals surface area contributed by atoms with Crippen molar-refractivity contribution in [1.82, 2.24) is 4.90 Å². The highest BCUT2D eigenvalue weighted by Crippen LogP contribution is 2.36. The van der Waals surface area contributed by atoms with E-state index >= 15 is 0 Å². The molecule has 1 aromatic heterocycles. The van der Waals surface area contributed by atoms with E-state index in [1.165, 1.54) is 12.3 Å². The molecule has 10 heteroatoms. The molecule has 0 bridgehead atoms. The van der Waals surface area contributed by atoms with E-state index in [2.05, 4.69) is 0 Å². The number of carbonyl (C=O) groups is 3. The van der Waals surface area contributed by atoms with Crippen molar-refractivity contribution in [1.29, 1.82) is 0 Å². The Hall–Kier alpha value is -3.20. The Labute approximate surface area is 209 Å². The monoisotopic (exact) mass is 517 g/mol. The first-order chi connectivity index (χ1) is 16.4. The van der Waals surface area contributed by atoms with E-state index in [-0.39, 0.29) is 23.0 Å². The lowest BCUT2D eigenvalue weighted by atomic mass is 10.1. The number of ether oxygens (including phenoxy) is 2. The Morgan fingerprint density at radius 3 is 2.65 bits per heavy atom. The Morgan fingerprint density at radius 2 is 1.94 bits per heavy atom. The van der Waals surface area contributed by atoms with Gasteiger partial charge < -0.3 is 13.9 Å². The molecule has 34 heavy (non-hydrogen) atoms. The van der Waals surface area contributed by atoms with Gasteiger partial charge in [0.05, 0.1) is 24.3 Å². The van der Waals surface area contributed by atoms with Crippen molar-refractivity contribution < 1.29 is 28.3 Å². The van der Waals surface area contributed by atoms with Gasteiger partial charge in [0, 0.05) is 10.0 Å². The molecule has 0 aliphatic carbocycles. The summed E-state index contributed by atoms with van der Waals surface area (Å²) in [7, 11) is 0. The van der Waals surface area contributed by atoms with Gasteiger partial charge in [0.25, 0.3) is 11.1 Å². The lowest BCUT2D eigenvalue weighted by Crippen LogP contribution is -2.27. The number of imide groups is 1. The lowest BCUT2D eigenvalue weighted by Gasteiger charge is -2.13. The topological polar surface area (TPSA) is 86.0 Å². The number of furan rings is 1. The van der Waals surface area contributed by atoms with E-state index in [0.717, 1.165) is 16.7 Å². The highest BCUT2D eigenvalue weighted by molar-refractivity contribution is 8.18. The number of esters is 1. The molecule has 1 aliphatic heterocycles. The highest BCUT2D eigenvalue weighted by Gasteiger charge is 2.35. The standard InChI is InChI=1S/C24H17Cl2NO6S/c1-2-31-20-10-14(5-8-18(20)33-23(29)19-4-3-9-32-19)11-21-22(28)27(24(30)34-21)13-15-6-7-16(25)12-17(15)26/h3-12H,2,13H2,1H3/b21-11-. The zero-order valence-corrected chi connectivity index (χ0v) is 20.1. The maximum atomic E-state index is 12.9. The zero-order chi connectivity index (χ0) is 24.2. The molecule has 3 aromatic rings. The molecule has 0 saturated carbocycles. The van der Waals surface area contributed by atoms with E-state index in [4.69, 9.17) is 37.1 Å². The summed E-state index contributed by atoms with van der Waals surface area (Å²) in [5.74, 6) is -0.539. The largest absolute Gasteiger partial charge is 0.490 e. The van der Waals surface area contributed by atoms with Gasteiger partial charge in [-0.15, -0.1) is 0 Å². The van der Waals surface area contributed by atoms with E-state index in [0.29, 0.717) is 33.5 Å². The second-order valence-corrected chi connectivity index (χ2v) is 8.85. The van der Waals surface area contributed by atoms with Crippen molar-refractivity contribution in [3.63, 3.8) is 0 Å². The Balaban J connectivity index is 1.54. The van der Waals surface area contributed by atoms with Gasteiger partial charge in [-0.3, -0.25) is 14.5 Å². The molecule has 0 N–H and O–H groups in total. The second-order valence-electron chi connectivity index (χ2n) is 7.01. The van der Waals surface area contributed by atoms with Crippen molar-refractivity contribution in [3.05, 3.63) is 86.6 Å². The van der Waals surface area contributed by atoms with Gasteiger partial charge in [-0.1, -0.05) is 35.3 Å². The van der Waals surface area contributed by atoms with Gasteiger partial charge in [0.2, 0.25) is 5.76 Å². The van der Waals surface area contributed by atoms with Crippen LogP contribution in [-0.4, -0.2) is 28.6 Å². The molecule has 7 nitrogen and oxygen atoms in total. The van der Waals surface area contributed by atoms with Crippen LogP contribution in [0.2, 0.25) is 10.0 Å². The number of benzene rings is 2. The number of carbonyl (C=O) groups excluding carboxylic acids is 3. The molecule has 1 aliphatic rings. The minimum atomic E-state index is -0.666. The normalized spacial score (nSPS) is 14.7. The summed E-state index contributed by atoms with van der Waals surface area (Å²) in [6, 6.07) is 12.8. The third kappa shape index (κ3) is 5.30. The first-order valence-corrected chi connectivity index (χ1v) is 11.6. The van der Waals surface area contributed by atoms with Crippen molar-refractivity contribution in [2.45, 2.75) is 13.5 Å². The van der Waals surface area contributed by atoms with Gasteiger partial charge in [0.1, 0.15) is 0 Å². The summed E-state index contributed by atoms with van der Waals surface area (Å²) in [4.78, 5) is 39.0. The molecular weight excluding hydrogens is 501 g/mol. The van der Waals surface area contributed by atoms with Crippen LogP contribution >= 0.6 is 35.0 Å². The predicted octanol–water partition coefficient (Wildman–Crippen LogP) is 6.44. The van der Waals surface area contributed by atoms with E-state index in [1.807, 2.05) is 0 Å². The van der Waals surface area contributed by atoms with Crippen LogP contribution in [-0.2, 0) is 11.3 Å². The van der Waals surface area contributed by atoms with Crippen molar-refractivity contribution >= 4 is 58.2 Å². The summed E-state index contributed by atoms with van der Waals surface area (Å²) in [6.07, 6.45) is 2.95. The minimum Gasteiger partial charge on any atom is -0.490 e. The average molecular weight is 518 g/mol. The van der Waals surface area contributed by atoms with E-state index < -0.39 is 17.1 Å². The summed E-state index contributed by atoms with van der Waals surface area (Å²) < 4.78 is 16.0. The Morgan fingerprint density at radius 1 is 1.12 bits per heavy atom. The summed E-state index contributed by atoms with van der Waals surface area (Å²) in [6.45, 7) is 2.15. The highest BCUT2D eigenvalue weighted by atomic mass is 35.5. The van der Waals surface area contributed by atoms with Gasteiger partial charge in [-0.2, -0.15) is 0 Å². The molecule has 1 fully saturated rings.